The first-order valence-electron chi connectivity index (χ1n) is 6.64. The Balaban J connectivity index is 1.70. The number of rotatable bonds is 4. The van der Waals surface area contributed by atoms with Crippen molar-refractivity contribution in [2.75, 3.05) is 0 Å². The Labute approximate surface area is 130 Å². The normalized spacial score (nSPS) is 12.1. The number of esters is 1. The molecule has 0 aliphatic heterocycles. The van der Waals surface area contributed by atoms with Crippen molar-refractivity contribution in [3.8, 4) is 10.8 Å². The van der Waals surface area contributed by atoms with Gasteiger partial charge in [-0.1, -0.05) is 6.07 Å². The summed E-state index contributed by atoms with van der Waals surface area (Å²) in [4.78, 5) is 17.0. The molecular weight excluding hydrogens is 302 g/mol. The first kappa shape index (κ1) is 14.4. The van der Waals surface area contributed by atoms with E-state index in [9.17, 15) is 4.79 Å². The van der Waals surface area contributed by atoms with Crippen LogP contribution in [0.15, 0.2) is 40.3 Å². The van der Waals surface area contributed by atoms with Gasteiger partial charge in [0, 0.05) is 11.9 Å². The first-order valence-corrected chi connectivity index (χ1v) is 7.52. The molecule has 22 heavy (non-hydrogen) atoms. The van der Waals surface area contributed by atoms with Gasteiger partial charge in [0.05, 0.1) is 10.4 Å². The zero-order valence-electron chi connectivity index (χ0n) is 12.0. The number of ether oxygens (including phenoxy) is 1. The third-order valence-corrected chi connectivity index (χ3v) is 3.81. The zero-order valence-corrected chi connectivity index (χ0v) is 12.8. The predicted octanol–water partition coefficient (Wildman–Crippen LogP) is 3.42. The summed E-state index contributed by atoms with van der Waals surface area (Å²) in [5.74, 6) is 0.206. The smallest absolute Gasteiger partial charge is 0.340 e. The fourth-order valence-corrected chi connectivity index (χ4v) is 2.41. The van der Waals surface area contributed by atoms with E-state index in [0.29, 0.717) is 11.5 Å². The number of hydrogen-bond acceptors (Lipinski definition) is 7. The molecule has 0 saturated heterocycles. The summed E-state index contributed by atoms with van der Waals surface area (Å²) < 4.78 is 10.9. The molecule has 112 valence electrons. The minimum atomic E-state index is -0.630. The standard InChI is InChI=1S/C15H13N3O3S/c1-9-5-6-11(8-16-9)15(19)20-10(2)13-17-18-14(21-13)12-4-3-7-22-12/h3-8,10H,1-2H3. The SMILES string of the molecule is Cc1ccc(C(=O)OC(C)c2nnc(-c3cccs3)o2)cn1. The second kappa shape index (κ2) is 6.07. The number of carbonyl (C=O) groups is 1. The Kier molecular flexibility index (Phi) is 3.97. The Morgan fingerprint density at radius 3 is 2.86 bits per heavy atom. The maximum atomic E-state index is 12.0. The highest BCUT2D eigenvalue weighted by atomic mass is 32.1. The van der Waals surface area contributed by atoms with Gasteiger partial charge in [0.15, 0.2) is 6.10 Å². The van der Waals surface area contributed by atoms with Crippen LogP contribution < -0.4 is 0 Å². The average Bonchev–Trinajstić information content (AvgIpc) is 3.19. The molecule has 0 radical (unpaired) electrons. The summed E-state index contributed by atoms with van der Waals surface area (Å²) in [6.07, 6.45) is 0.852. The molecule has 0 aliphatic carbocycles. The molecule has 6 nitrogen and oxygen atoms in total. The highest BCUT2D eigenvalue weighted by Crippen LogP contribution is 2.26. The highest BCUT2D eigenvalue weighted by Gasteiger charge is 2.20. The lowest BCUT2D eigenvalue weighted by Gasteiger charge is -2.09. The van der Waals surface area contributed by atoms with Gasteiger partial charge >= 0.3 is 5.97 Å². The molecule has 3 aromatic rings. The van der Waals surface area contributed by atoms with E-state index in [1.54, 1.807) is 19.1 Å². The minimum absolute atomic E-state index is 0.261. The van der Waals surface area contributed by atoms with Crippen molar-refractivity contribution in [2.45, 2.75) is 20.0 Å². The summed E-state index contributed by atoms with van der Waals surface area (Å²) in [5.41, 5.74) is 1.22. The van der Waals surface area contributed by atoms with Crippen LogP contribution in [0.25, 0.3) is 10.8 Å². The maximum Gasteiger partial charge on any atom is 0.340 e. The van der Waals surface area contributed by atoms with Crippen molar-refractivity contribution < 1.29 is 13.9 Å². The summed E-state index contributed by atoms with van der Waals surface area (Å²) in [7, 11) is 0. The zero-order chi connectivity index (χ0) is 15.5. The van der Waals surface area contributed by atoms with E-state index in [-0.39, 0.29) is 5.89 Å². The van der Waals surface area contributed by atoms with Crippen LogP contribution >= 0.6 is 11.3 Å². The third-order valence-electron chi connectivity index (χ3n) is 2.95. The van der Waals surface area contributed by atoms with E-state index in [4.69, 9.17) is 9.15 Å². The van der Waals surface area contributed by atoms with Crippen LogP contribution in [0.1, 0.15) is 35.0 Å². The lowest BCUT2D eigenvalue weighted by molar-refractivity contribution is 0.0279. The summed E-state index contributed by atoms with van der Waals surface area (Å²) in [6.45, 7) is 3.54. The van der Waals surface area contributed by atoms with Crippen molar-refractivity contribution >= 4 is 17.3 Å². The molecule has 0 fully saturated rings. The minimum Gasteiger partial charge on any atom is -0.449 e. The number of carbonyl (C=O) groups excluding carboxylic acids is 1. The van der Waals surface area contributed by atoms with E-state index < -0.39 is 12.1 Å². The van der Waals surface area contributed by atoms with Gasteiger partial charge in [0.25, 0.3) is 11.8 Å². The highest BCUT2D eigenvalue weighted by molar-refractivity contribution is 7.13. The van der Waals surface area contributed by atoms with Gasteiger partial charge in [-0.2, -0.15) is 0 Å². The van der Waals surface area contributed by atoms with Crippen molar-refractivity contribution in [3.05, 3.63) is 53.0 Å². The van der Waals surface area contributed by atoms with Gasteiger partial charge in [-0.3, -0.25) is 4.98 Å². The van der Waals surface area contributed by atoms with Gasteiger partial charge in [0.2, 0.25) is 0 Å². The molecule has 0 aromatic carbocycles. The molecule has 3 rings (SSSR count). The van der Waals surface area contributed by atoms with Crippen LogP contribution in [0.5, 0.6) is 0 Å². The molecule has 7 heteroatoms. The number of aryl methyl sites for hydroxylation is 1. The largest absolute Gasteiger partial charge is 0.449 e. The second-order valence-corrected chi connectivity index (χ2v) is 5.61. The van der Waals surface area contributed by atoms with Gasteiger partial charge in [-0.05, 0) is 37.4 Å². The van der Waals surface area contributed by atoms with Gasteiger partial charge in [0.1, 0.15) is 0 Å². The number of thiophene rings is 1. The lowest BCUT2D eigenvalue weighted by atomic mass is 10.2. The summed E-state index contributed by atoms with van der Waals surface area (Å²) >= 11 is 1.50. The van der Waals surface area contributed by atoms with E-state index in [2.05, 4.69) is 15.2 Å². The number of nitrogens with zero attached hydrogens (tertiary/aromatic N) is 3. The van der Waals surface area contributed by atoms with E-state index >= 15 is 0 Å². The second-order valence-electron chi connectivity index (χ2n) is 4.66. The van der Waals surface area contributed by atoms with Crippen molar-refractivity contribution in [1.82, 2.24) is 15.2 Å². The average molecular weight is 315 g/mol. The van der Waals surface area contributed by atoms with Crippen LogP contribution in [0.3, 0.4) is 0 Å². The van der Waals surface area contributed by atoms with Crippen LogP contribution in [0.2, 0.25) is 0 Å². The number of pyridine rings is 1. The Morgan fingerprint density at radius 2 is 2.18 bits per heavy atom. The molecular formula is C15H13N3O3S. The molecule has 0 amide bonds. The van der Waals surface area contributed by atoms with Gasteiger partial charge < -0.3 is 9.15 Å². The third kappa shape index (κ3) is 3.04. The Morgan fingerprint density at radius 1 is 1.32 bits per heavy atom. The van der Waals surface area contributed by atoms with Crippen molar-refractivity contribution in [3.63, 3.8) is 0 Å². The van der Waals surface area contributed by atoms with Crippen LogP contribution in [-0.2, 0) is 4.74 Å². The molecule has 3 aromatic heterocycles. The summed E-state index contributed by atoms with van der Waals surface area (Å²) in [6, 6.07) is 7.21. The van der Waals surface area contributed by atoms with Gasteiger partial charge in [-0.25, -0.2) is 4.79 Å². The fraction of sp³-hybridized carbons (Fsp3) is 0.200. The quantitative estimate of drug-likeness (QED) is 0.686. The molecule has 0 N–H and O–H groups in total. The molecule has 0 saturated carbocycles. The Hall–Kier alpha value is -2.54. The number of hydrogen-bond donors (Lipinski definition) is 0. The lowest BCUT2D eigenvalue weighted by Crippen LogP contribution is -2.10. The number of aromatic nitrogens is 3. The molecule has 0 spiro atoms. The van der Waals surface area contributed by atoms with E-state index in [0.717, 1.165) is 10.6 Å². The van der Waals surface area contributed by atoms with E-state index in [1.165, 1.54) is 17.5 Å². The van der Waals surface area contributed by atoms with Crippen LogP contribution in [-0.4, -0.2) is 21.2 Å². The van der Waals surface area contributed by atoms with Crippen LogP contribution in [0, 0.1) is 6.92 Å². The topological polar surface area (TPSA) is 78.1 Å². The molecule has 1 unspecified atom stereocenters. The maximum absolute atomic E-state index is 12.0. The predicted molar refractivity (Wildman–Crippen MR) is 80.4 cm³/mol. The van der Waals surface area contributed by atoms with Crippen molar-refractivity contribution in [2.24, 2.45) is 0 Å². The monoisotopic (exact) mass is 315 g/mol. The summed E-state index contributed by atoms with van der Waals surface area (Å²) in [5, 5.41) is 9.82. The van der Waals surface area contributed by atoms with Crippen LogP contribution in [0.4, 0.5) is 0 Å². The van der Waals surface area contributed by atoms with E-state index in [1.807, 2.05) is 24.4 Å². The van der Waals surface area contributed by atoms with Gasteiger partial charge in [-0.15, -0.1) is 21.5 Å². The first-order chi connectivity index (χ1) is 10.6. The molecule has 3 heterocycles. The molecule has 1 atom stereocenters. The Bertz CT molecular complexity index is 766. The van der Waals surface area contributed by atoms with Crippen molar-refractivity contribution in [1.29, 1.82) is 0 Å². The fourth-order valence-electron chi connectivity index (χ4n) is 1.77. The molecule has 0 aliphatic rings. The molecule has 0 bridgehead atoms.